The first kappa shape index (κ1) is 18.2. The van der Waals surface area contributed by atoms with Gasteiger partial charge >= 0.3 is 5.69 Å². The molecule has 4 atom stereocenters. The molecule has 2 aromatic rings. The molecule has 26 heavy (non-hydrogen) atoms. The van der Waals surface area contributed by atoms with Gasteiger partial charge in [-0.15, -0.1) is 0 Å². The number of ether oxygens (including phenoxy) is 1. The minimum absolute atomic E-state index is 0.00193. The highest BCUT2D eigenvalue weighted by Gasteiger charge is 2.55. The van der Waals surface area contributed by atoms with Crippen LogP contribution in [0.1, 0.15) is 23.5 Å². The number of carbonyl (C=O) groups excluding carboxylic acids is 1. The van der Waals surface area contributed by atoms with Crippen molar-refractivity contribution in [1.82, 2.24) is 9.55 Å². The van der Waals surface area contributed by atoms with Crippen molar-refractivity contribution >= 4 is 11.7 Å². The molecule has 0 aliphatic carbocycles. The summed E-state index contributed by atoms with van der Waals surface area (Å²) in [6, 6.07) is 9.69. The topological polar surface area (TPSA) is 114 Å². The first-order valence-electron chi connectivity index (χ1n) is 7.93. The van der Waals surface area contributed by atoms with Crippen molar-refractivity contribution in [2.45, 2.75) is 31.0 Å². The standard InChI is InChI=1S/C17H18FN3O5/c1-17(18)13(23)11(9-22)26-15(17)21-8-7-12(20-16(21)25)19-14(24)10-5-3-2-4-6-10/h2-8,11,13,15,22-23H,9H2,1H3,(H,19,20,24,25). The maximum Gasteiger partial charge on any atom is 0.351 e. The summed E-state index contributed by atoms with van der Waals surface area (Å²) in [5, 5.41) is 21.5. The van der Waals surface area contributed by atoms with Crippen LogP contribution >= 0.6 is 0 Å². The molecule has 0 spiro atoms. The van der Waals surface area contributed by atoms with E-state index in [-0.39, 0.29) is 5.82 Å². The largest absolute Gasteiger partial charge is 0.394 e. The Morgan fingerprint density at radius 2 is 2.08 bits per heavy atom. The number of aliphatic hydroxyl groups excluding tert-OH is 2. The summed E-state index contributed by atoms with van der Waals surface area (Å²) in [6.45, 7) is 0.486. The fraction of sp³-hybridized carbons (Fsp3) is 0.353. The molecule has 1 aliphatic rings. The van der Waals surface area contributed by atoms with Gasteiger partial charge in [0, 0.05) is 11.8 Å². The Bertz CT molecular complexity index is 855. The third kappa shape index (κ3) is 3.24. The summed E-state index contributed by atoms with van der Waals surface area (Å²) in [5.74, 6) is -0.448. The zero-order valence-corrected chi connectivity index (χ0v) is 13.9. The zero-order valence-electron chi connectivity index (χ0n) is 13.9. The number of hydrogen-bond acceptors (Lipinski definition) is 6. The lowest BCUT2D eigenvalue weighted by molar-refractivity contribution is -0.0610. The molecule has 1 fully saturated rings. The van der Waals surface area contributed by atoms with Crippen molar-refractivity contribution in [2.24, 2.45) is 0 Å². The Morgan fingerprint density at radius 3 is 2.65 bits per heavy atom. The number of nitrogens with one attached hydrogen (secondary N) is 1. The highest BCUT2D eigenvalue weighted by Crippen LogP contribution is 2.40. The van der Waals surface area contributed by atoms with E-state index >= 15 is 0 Å². The number of anilines is 1. The molecule has 1 aromatic carbocycles. The van der Waals surface area contributed by atoms with Crippen LogP contribution in [0.15, 0.2) is 47.4 Å². The average molecular weight is 363 g/mol. The maximum atomic E-state index is 14.8. The third-order valence-electron chi connectivity index (χ3n) is 4.26. The summed E-state index contributed by atoms with van der Waals surface area (Å²) >= 11 is 0. The lowest BCUT2D eigenvalue weighted by Gasteiger charge is -2.24. The van der Waals surface area contributed by atoms with Crippen molar-refractivity contribution in [3.63, 3.8) is 0 Å². The average Bonchev–Trinajstić information content (AvgIpc) is 2.85. The number of carbonyl (C=O) groups is 1. The zero-order chi connectivity index (χ0) is 18.9. The molecule has 8 nitrogen and oxygen atoms in total. The molecular weight excluding hydrogens is 345 g/mol. The molecule has 1 aliphatic heterocycles. The third-order valence-corrected chi connectivity index (χ3v) is 4.26. The molecule has 0 radical (unpaired) electrons. The number of hydrogen-bond donors (Lipinski definition) is 3. The van der Waals surface area contributed by atoms with E-state index in [2.05, 4.69) is 10.3 Å². The van der Waals surface area contributed by atoms with Crippen LogP contribution < -0.4 is 11.0 Å². The van der Waals surface area contributed by atoms with Crippen LogP contribution in [0.3, 0.4) is 0 Å². The van der Waals surface area contributed by atoms with Gasteiger partial charge in [-0.1, -0.05) is 18.2 Å². The Hall–Kier alpha value is -2.62. The summed E-state index contributed by atoms with van der Waals surface area (Å²) in [6.07, 6.45) is -2.99. The van der Waals surface area contributed by atoms with Crippen LogP contribution in [0.4, 0.5) is 10.2 Å². The Labute approximate surface area is 147 Å². The Balaban J connectivity index is 1.82. The second-order valence-electron chi connectivity index (χ2n) is 6.13. The predicted octanol–water partition coefficient (Wildman–Crippen LogP) is 0.474. The van der Waals surface area contributed by atoms with Crippen molar-refractivity contribution in [1.29, 1.82) is 0 Å². The molecule has 3 rings (SSSR count). The van der Waals surface area contributed by atoms with Crippen LogP contribution in [-0.4, -0.2) is 50.2 Å². The second-order valence-corrected chi connectivity index (χ2v) is 6.13. The summed E-state index contributed by atoms with van der Waals surface area (Å²) < 4.78 is 20.9. The monoisotopic (exact) mass is 363 g/mol. The predicted molar refractivity (Wildman–Crippen MR) is 89.4 cm³/mol. The quantitative estimate of drug-likeness (QED) is 0.728. The van der Waals surface area contributed by atoms with E-state index in [0.717, 1.165) is 11.5 Å². The molecule has 1 amide bonds. The number of halogens is 1. The van der Waals surface area contributed by atoms with Gasteiger partial charge in [0.25, 0.3) is 5.91 Å². The van der Waals surface area contributed by atoms with E-state index in [1.807, 2.05) is 0 Å². The normalized spacial score (nSPS) is 28.1. The molecule has 2 heterocycles. The molecule has 0 bridgehead atoms. The van der Waals surface area contributed by atoms with E-state index in [1.54, 1.807) is 30.3 Å². The van der Waals surface area contributed by atoms with Gasteiger partial charge in [-0.05, 0) is 25.1 Å². The molecule has 0 saturated carbocycles. The van der Waals surface area contributed by atoms with Gasteiger partial charge in [0.05, 0.1) is 6.61 Å². The number of nitrogens with zero attached hydrogens (tertiary/aromatic N) is 2. The molecule has 1 aromatic heterocycles. The highest BCUT2D eigenvalue weighted by molar-refractivity contribution is 6.03. The molecule has 3 N–H and O–H groups in total. The molecule has 1 saturated heterocycles. The summed E-state index contributed by atoms with van der Waals surface area (Å²) in [4.78, 5) is 28.0. The molecular formula is C17H18FN3O5. The number of aliphatic hydroxyl groups is 2. The molecule has 9 heteroatoms. The Kier molecular flexibility index (Phi) is 4.86. The lowest BCUT2D eigenvalue weighted by Crippen LogP contribution is -2.42. The van der Waals surface area contributed by atoms with Crippen molar-refractivity contribution in [3.05, 3.63) is 58.6 Å². The van der Waals surface area contributed by atoms with Gasteiger partial charge in [0.1, 0.15) is 18.0 Å². The van der Waals surface area contributed by atoms with Crippen molar-refractivity contribution in [3.8, 4) is 0 Å². The summed E-state index contributed by atoms with van der Waals surface area (Å²) in [5.41, 5.74) is -2.77. The van der Waals surface area contributed by atoms with E-state index in [4.69, 9.17) is 9.84 Å². The smallest absolute Gasteiger partial charge is 0.351 e. The van der Waals surface area contributed by atoms with Crippen LogP contribution in [-0.2, 0) is 4.74 Å². The first-order valence-corrected chi connectivity index (χ1v) is 7.93. The molecule has 4 unspecified atom stereocenters. The van der Waals surface area contributed by atoms with Crippen molar-refractivity contribution < 1.29 is 24.1 Å². The van der Waals surface area contributed by atoms with Crippen LogP contribution in [0.5, 0.6) is 0 Å². The van der Waals surface area contributed by atoms with Gasteiger partial charge < -0.3 is 20.3 Å². The maximum absolute atomic E-state index is 14.8. The number of rotatable bonds is 4. The van der Waals surface area contributed by atoms with Crippen molar-refractivity contribution in [2.75, 3.05) is 11.9 Å². The van der Waals surface area contributed by atoms with E-state index in [9.17, 15) is 19.1 Å². The SMILES string of the molecule is CC1(F)C(O)C(CO)OC1n1ccc(NC(=O)c2ccccc2)nc1=O. The molecule has 138 valence electrons. The fourth-order valence-electron chi connectivity index (χ4n) is 2.80. The minimum atomic E-state index is -2.30. The number of aromatic nitrogens is 2. The van der Waals surface area contributed by atoms with Gasteiger partial charge in [0.15, 0.2) is 11.9 Å². The number of benzene rings is 1. The van der Waals surface area contributed by atoms with E-state index < -0.39 is 42.3 Å². The number of amides is 1. The fourth-order valence-corrected chi connectivity index (χ4v) is 2.80. The lowest BCUT2D eigenvalue weighted by atomic mass is 9.98. The van der Waals surface area contributed by atoms with E-state index in [0.29, 0.717) is 5.56 Å². The van der Waals surface area contributed by atoms with E-state index in [1.165, 1.54) is 12.3 Å². The first-order chi connectivity index (χ1) is 12.3. The number of alkyl halides is 1. The second kappa shape index (κ2) is 6.94. The van der Waals surface area contributed by atoms with Gasteiger partial charge in [-0.3, -0.25) is 9.36 Å². The van der Waals surface area contributed by atoms with Crippen LogP contribution in [0.25, 0.3) is 0 Å². The van der Waals surface area contributed by atoms with Gasteiger partial charge in [0.2, 0.25) is 0 Å². The van der Waals surface area contributed by atoms with Gasteiger partial charge in [-0.25, -0.2) is 9.18 Å². The van der Waals surface area contributed by atoms with Gasteiger partial charge in [-0.2, -0.15) is 4.98 Å². The highest BCUT2D eigenvalue weighted by atomic mass is 19.1. The van der Waals surface area contributed by atoms with Crippen LogP contribution in [0, 0.1) is 0 Å². The van der Waals surface area contributed by atoms with Crippen LogP contribution in [0.2, 0.25) is 0 Å². The minimum Gasteiger partial charge on any atom is -0.394 e. The Morgan fingerprint density at radius 1 is 1.38 bits per heavy atom. The summed E-state index contributed by atoms with van der Waals surface area (Å²) in [7, 11) is 0.